The molecule has 0 amide bonds. The molecule has 1 aliphatic carbocycles. The highest BCUT2D eigenvalue weighted by Crippen LogP contribution is 2.31. The summed E-state index contributed by atoms with van der Waals surface area (Å²) in [5.41, 5.74) is 1.76. The Bertz CT molecular complexity index is 617. The van der Waals surface area contributed by atoms with E-state index in [9.17, 15) is 4.79 Å². The summed E-state index contributed by atoms with van der Waals surface area (Å²) in [5, 5.41) is 4.08. The summed E-state index contributed by atoms with van der Waals surface area (Å²) in [6.45, 7) is 2.75. The lowest BCUT2D eigenvalue weighted by molar-refractivity contribution is 0.0968. The van der Waals surface area contributed by atoms with Crippen molar-refractivity contribution in [2.45, 2.75) is 32.7 Å². The molecule has 6 heteroatoms. The van der Waals surface area contributed by atoms with E-state index in [0.717, 1.165) is 40.1 Å². The fraction of sp³-hybridized carbons (Fsp3) is 0.462. The third-order valence-corrected chi connectivity index (χ3v) is 5.20. The predicted molar refractivity (Wildman–Crippen MR) is 78.3 cm³/mol. The average Bonchev–Trinajstić information content (AvgIpc) is 2.96. The number of aryl methyl sites for hydroxylation is 2. The lowest BCUT2D eigenvalue weighted by atomic mass is 10.0. The van der Waals surface area contributed by atoms with Gasteiger partial charge in [0, 0.05) is 23.7 Å². The minimum Gasteiger partial charge on any atom is -0.345 e. The van der Waals surface area contributed by atoms with E-state index in [4.69, 9.17) is 0 Å². The van der Waals surface area contributed by atoms with Gasteiger partial charge in [0.15, 0.2) is 10.9 Å². The number of carbonyl (C=O) groups is 1. The van der Waals surface area contributed by atoms with Gasteiger partial charge in [-0.15, -0.1) is 22.7 Å². The van der Waals surface area contributed by atoms with Crippen LogP contribution in [-0.4, -0.2) is 22.8 Å². The first-order chi connectivity index (χ1) is 9.13. The number of hydrogen-bond acceptors (Lipinski definition) is 6. The zero-order valence-electron chi connectivity index (χ0n) is 11.0. The zero-order valence-corrected chi connectivity index (χ0v) is 12.6. The van der Waals surface area contributed by atoms with Gasteiger partial charge in [0.25, 0.3) is 0 Å². The van der Waals surface area contributed by atoms with E-state index >= 15 is 0 Å². The van der Waals surface area contributed by atoms with Crippen molar-refractivity contribution >= 4 is 33.6 Å². The number of nitrogens with zero attached hydrogens (tertiary/aromatic N) is 3. The summed E-state index contributed by atoms with van der Waals surface area (Å²) in [6, 6.07) is 0. The number of fused-ring (bicyclic) bond motifs is 1. The molecule has 0 unspecified atom stereocenters. The van der Waals surface area contributed by atoms with E-state index in [-0.39, 0.29) is 5.78 Å². The average molecular weight is 293 g/mol. The van der Waals surface area contributed by atoms with Crippen LogP contribution in [0.25, 0.3) is 0 Å². The summed E-state index contributed by atoms with van der Waals surface area (Å²) in [5.74, 6) is 0.196. The highest BCUT2D eigenvalue weighted by Gasteiger charge is 2.23. The van der Waals surface area contributed by atoms with Crippen LogP contribution in [-0.2, 0) is 13.0 Å². The summed E-state index contributed by atoms with van der Waals surface area (Å²) in [6.07, 6.45) is 2.59. The van der Waals surface area contributed by atoms with Crippen LogP contribution in [0.3, 0.4) is 0 Å². The second kappa shape index (κ2) is 5.02. The Balaban J connectivity index is 1.80. The lowest BCUT2D eigenvalue weighted by Gasteiger charge is -2.13. The van der Waals surface area contributed by atoms with Crippen molar-refractivity contribution in [3.8, 4) is 0 Å². The number of aromatic nitrogens is 2. The maximum Gasteiger partial charge on any atom is 0.186 e. The van der Waals surface area contributed by atoms with Crippen molar-refractivity contribution in [3.05, 3.63) is 26.7 Å². The summed E-state index contributed by atoms with van der Waals surface area (Å²) >= 11 is 3.30. The molecular formula is C13H15N3OS2. The van der Waals surface area contributed by atoms with Gasteiger partial charge in [0.1, 0.15) is 5.69 Å². The molecule has 0 spiro atoms. The Labute approximate surface area is 120 Å². The van der Waals surface area contributed by atoms with Gasteiger partial charge in [-0.3, -0.25) is 4.79 Å². The quantitative estimate of drug-likeness (QED) is 0.872. The second-order valence-electron chi connectivity index (χ2n) is 4.76. The fourth-order valence-corrected chi connectivity index (χ4v) is 3.89. The maximum atomic E-state index is 11.8. The Morgan fingerprint density at radius 2 is 2.21 bits per heavy atom. The number of carbonyl (C=O) groups excluding carboxylic acids is 1. The molecule has 3 rings (SSSR count). The minimum atomic E-state index is 0.196. The van der Waals surface area contributed by atoms with E-state index < -0.39 is 0 Å². The smallest absolute Gasteiger partial charge is 0.186 e. The van der Waals surface area contributed by atoms with Gasteiger partial charge in [0.05, 0.1) is 17.2 Å². The van der Waals surface area contributed by atoms with E-state index in [2.05, 4.69) is 20.2 Å². The molecule has 0 atom stereocenters. The molecule has 0 N–H and O–H groups in total. The Hall–Kier alpha value is -1.27. The van der Waals surface area contributed by atoms with Crippen LogP contribution in [0.5, 0.6) is 0 Å². The molecular weight excluding hydrogens is 278 g/mol. The van der Waals surface area contributed by atoms with Crippen molar-refractivity contribution in [3.63, 3.8) is 0 Å². The first-order valence-corrected chi connectivity index (χ1v) is 7.98. The Morgan fingerprint density at radius 3 is 2.89 bits per heavy atom. The molecule has 19 heavy (non-hydrogen) atoms. The van der Waals surface area contributed by atoms with Crippen LogP contribution in [0.2, 0.25) is 0 Å². The number of thiazole rings is 2. The molecule has 0 saturated carbocycles. The van der Waals surface area contributed by atoms with Crippen molar-refractivity contribution in [2.24, 2.45) is 0 Å². The number of hydrogen-bond donors (Lipinski definition) is 0. The molecule has 0 radical (unpaired) electrons. The van der Waals surface area contributed by atoms with Crippen LogP contribution >= 0.6 is 22.7 Å². The SMILES string of the molecule is Cc1nc(CN(C)c2nc3c(s2)CCCC3=O)cs1. The summed E-state index contributed by atoms with van der Waals surface area (Å²) in [7, 11) is 2.00. The lowest BCUT2D eigenvalue weighted by Crippen LogP contribution is -2.16. The van der Waals surface area contributed by atoms with Crippen molar-refractivity contribution in [1.29, 1.82) is 0 Å². The van der Waals surface area contributed by atoms with Crippen LogP contribution in [0.4, 0.5) is 5.13 Å². The third kappa shape index (κ3) is 2.55. The first-order valence-electron chi connectivity index (χ1n) is 6.28. The molecule has 1 aliphatic rings. The van der Waals surface area contributed by atoms with Gasteiger partial charge in [0.2, 0.25) is 0 Å². The monoisotopic (exact) mass is 293 g/mol. The number of ketones is 1. The van der Waals surface area contributed by atoms with Crippen molar-refractivity contribution in [1.82, 2.24) is 9.97 Å². The van der Waals surface area contributed by atoms with E-state index in [1.165, 1.54) is 0 Å². The molecule has 0 aromatic carbocycles. The highest BCUT2D eigenvalue weighted by molar-refractivity contribution is 7.16. The zero-order chi connectivity index (χ0) is 13.4. The highest BCUT2D eigenvalue weighted by atomic mass is 32.1. The molecule has 0 saturated heterocycles. The topological polar surface area (TPSA) is 46.1 Å². The van der Waals surface area contributed by atoms with Gasteiger partial charge in [-0.25, -0.2) is 9.97 Å². The van der Waals surface area contributed by atoms with E-state index in [0.29, 0.717) is 12.1 Å². The molecule has 0 bridgehead atoms. The number of Topliss-reactive ketones (excluding diaryl/α,β-unsaturated/α-hetero) is 1. The molecule has 2 aromatic heterocycles. The van der Waals surface area contributed by atoms with Crippen LogP contribution in [0, 0.1) is 6.92 Å². The van der Waals surface area contributed by atoms with Gasteiger partial charge < -0.3 is 4.90 Å². The first kappa shape index (κ1) is 12.7. The van der Waals surface area contributed by atoms with Gasteiger partial charge >= 0.3 is 0 Å². The third-order valence-electron chi connectivity index (χ3n) is 3.15. The Kier molecular flexibility index (Phi) is 3.36. The standard InChI is InChI=1S/C13H15N3OS2/c1-8-14-9(7-18-8)6-16(2)13-15-12-10(17)4-3-5-11(12)19-13/h7H,3-6H2,1-2H3. The number of rotatable bonds is 3. The normalized spacial score (nSPS) is 14.5. The largest absolute Gasteiger partial charge is 0.345 e. The molecule has 0 fully saturated rings. The fourth-order valence-electron chi connectivity index (χ4n) is 2.21. The van der Waals surface area contributed by atoms with E-state index in [1.807, 2.05) is 14.0 Å². The van der Waals surface area contributed by atoms with Gasteiger partial charge in [-0.2, -0.15) is 0 Å². The Morgan fingerprint density at radius 1 is 1.37 bits per heavy atom. The van der Waals surface area contributed by atoms with Crippen LogP contribution in [0.15, 0.2) is 5.38 Å². The van der Waals surface area contributed by atoms with Crippen molar-refractivity contribution in [2.75, 3.05) is 11.9 Å². The molecule has 0 aliphatic heterocycles. The molecule has 2 heterocycles. The second-order valence-corrected chi connectivity index (χ2v) is 6.88. The van der Waals surface area contributed by atoms with E-state index in [1.54, 1.807) is 22.7 Å². The predicted octanol–water partition coefficient (Wildman–Crippen LogP) is 3.06. The molecule has 4 nitrogen and oxygen atoms in total. The molecule has 100 valence electrons. The van der Waals surface area contributed by atoms with Crippen LogP contribution in [0.1, 0.15) is 38.9 Å². The maximum absolute atomic E-state index is 11.8. The minimum absolute atomic E-state index is 0.196. The van der Waals surface area contributed by atoms with Crippen molar-refractivity contribution < 1.29 is 4.79 Å². The molecule has 2 aromatic rings. The van der Waals surface area contributed by atoms with Crippen LogP contribution < -0.4 is 4.90 Å². The van der Waals surface area contributed by atoms with Gasteiger partial charge in [-0.1, -0.05) is 0 Å². The summed E-state index contributed by atoms with van der Waals surface area (Å²) in [4.78, 5) is 24.0. The number of anilines is 1. The van der Waals surface area contributed by atoms with Gasteiger partial charge in [-0.05, 0) is 19.8 Å². The summed E-state index contributed by atoms with van der Waals surface area (Å²) < 4.78 is 0.